The Bertz CT molecular complexity index is 588. The van der Waals surface area contributed by atoms with Gasteiger partial charge in [-0.3, -0.25) is 9.97 Å². The first-order chi connectivity index (χ1) is 11.4. The predicted molar refractivity (Wildman–Crippen MR) is 103 cm³/mol. The Morgan fingerprint density at radius 3 is 2.04 bits per heavy atom. The number of rotatable bonds is 7. The Morgan fingerprint density at radius 2 is 1.38 bits per heavy atom. The molecule has 2 rings (SSSR count). The van der Waals surface area contributed by atoms with Gasteiger partial charge in [-0.2, -0.15) is 0 Å². The Kier molecular flexibility index (Phi) is 6.53. The molecule has 0 spiro atoms. The van der Waals surface area contributed by atoms with Crippen LogP contribution in [0.3, 0.4) is 0 Å². The van der Waals surface area contributed by atoms with Crippen molar-refractivity contribution < 1.29 is 0 Å². The molecule has 0 aromatic carbocycles. The first-order valence-corrected chi connectivity index (χ1v) is 9.30. The fourth-order valence-electron chi connectivity index (χ4n) is 2.94. The van der Waals surface area contributed by atoms with Crippen molar-refractivity contribution in [2.24, 2.45) is 0 Å². The topological polar surface area (TPSA) is 25.8 Å². The monoisotopic (exact) mass is 324 g/mol. The van der Waals surface area contributed by atoms with Crippen molar-refractivity contribution in [3.63, 3.8) is 0 Å². The Hall–Kier alpha value is -1.70. The maximum atomic E-state index is 4.85. The van der Waals surface area contributed by atoms with Gasteiger partial charge in [0, 0.05) is 23.8 Å². The molecule has 2 heteroatoms. The SMILES string of the molecule is CC(C)c1cncc(C(C)CCC(C)c2cccc(C(C)C)n2)c1. The van der Waals surface area contributed by atoms with Gasteiger partial charge in [0.25, 0.3) is 0 Å². The molecule has 0 bridgehead atoms. The summed E-state index contributed by atoms with van der Waals surface area (Å²) in [5, 5.41) is 0. The molecule has 2 heterocycles. The molecule has 2 nitrogen and oxygen atoms in total. The second-order valence-corrected chi connectivity index (χ2v) is 7.73. The van der Waals surface area contributed by atoms with Gasteiger partial charge < -0.3 is 0 Å². The standard InChI is InChI=1S/C22H32N2/c1-15(2)19-12-20(14-23-13-19)17(5)10-11-18(6)22-9-7-8-21(24-22)16(3)4/h7-9,12-18H,10-11H2,1-6H3. The molecule has 0 radical (unpaired) electrons. The highest BCUT2D eigenvalue weighted by molar-refractivity contribution is 5.23. The van der Waals surface area contributed by atoms with Crippen LogP contribution in [0.5, 0.6) is 0 Å². The predicted octanol–water partition coefficient (Wildman–Crippen LogP) is 6.41. The Labute approximate surface area is 147 Å². The van der Waals surface area contributed by atoms with E-state index in [2.05, 4.69) is 70.8 Å². The van der Waals surface area contributed by atoms with Crippen molar-refractivity contribution in [1.29, 1.82) is 0 Å². The molecular formula is C22H32N2. The van der Waals surface area contributed by atoms with Crippen molar-refractivity contribution in [3.05, 3.63) is 59.2 Å². The van der Waals surface area contributed by atoms with Gasteiger partial charge in [0.1, 0.15) is 0 Å². The summed E-state index contributed by atoms with van der Waals surface area (Å²) in [6.45, 7) is 13.5. The van der Waals surface area contributed by atoms with Crippen molar-refractivity contribution in [2.45, 2.75) is 78.1 Å². The largest absolute Gasteiger partial charge is 0.264 e. The minimum atomic E-state index is 0.487. The molecule has 0 amide bonds. The van der Waals surface area contributed by atoms with Gasteiger partial charge in [-0.05, 0) is 59.8 Å². The highest BCUT2D eigenvalue weighted by Crippen LogP contribution is 2.28. The zero-order valence-corrected chi connectivity index (χ0v) is 16.1. The third-order valence-corrected chi connectivity index (χ3v) is 4.94. The molecule has 0 saturated heterocycles. The van der Waals surface area contributed by atoms with E-state index in [9.17, 15) is 0 Å². The smallest absolute Gasteiger partial charge is 0.0435 e. The van der Waals surface area contributed by atoms with Crippen LogP contribution in [0.15, 0.2) is 36.7 Å². The lowest BCUT2D eigenvalue weighted by Gasteiger charge is -2.17. The van der Waals surface area contributed by atoms with Crippen molar-refractivity contribution in [1.82, 2.24) is 9.97 Å². The summed E-state index contributed by atoms with van der Waals surface area (Å²) >= 11 is 0. The van der Waals surface area contributed by atoms with Gasteiger partial charge in [-0.1, -0.05) is 53.7 Å². The van der Waals surface area contributed by atoms with Gasteiger partial charge in [-0.25, -0.2) is 0 Å². The minimum absolute atomic E-state index is 0.487. The van der Waals surface area contributed by atoms with Crippen LogP contribution in [-0.4, -0.2) is 9.97 Å². The number of aromatic nitrogens is 2. The van der Waals surface area contributed by atoms with E-state index < -0.39 is 0 Å². The molecule has 2 unspecified atom stereocenters. The summed E-state index contributed by atoms with van der Waals surface area (Å²) in [5.41, 5.74) is 5.11. The fourth-order valence-corrected chi connectivity index (χ4v) is 2.94. The Morgan fingerprint density at radius 1 is 0.750 bits per heavy atom. The normalized spacial score (nSPS) is 14.2. The van der Waals surface area contributed by atoms with Crippen LogP contribution < -0.4 is 0 Å². The number of hydrogen-bond donors (Lipinski definition) is 0. The van der Waals surface area contributed by atoms with E-state index in [1.165, 1.54) is 22.5 Å². The molecule has 0 aliphatic rings. The van der Waals surface area contributed by atoms with E-state index in [4.69, 9.17) is 4.98 Å². The maximum Gasteiger partial charge on any atom is 0.0435 e. The van der Waals surface area contributed by atoms with Gasteiger partial charge in [-0.15, -0.1) is 0 Å². The summed E-state index contributed by atoms with van der Waals surface area (Å²) in [6.07, 6.45) is 6.34. The molecule has 24 heavy (non-hydrogen) atoms. The van der Waals surface area contributed by atoms with E-state index in [-0.39, 0.29) is 0 Å². The summed E-state index contributed by atoms with van der Waals surface area (Å²) < 4.78 is 0. The summed E-state index contributed by atoms with van der Waals surface area (Å²) in [5.74, 6) is 2.05. The summed E-state index contributed by atoms with van der Waals surface area (Å²) in [4.78, 5) is 9.28. The third-order valence-electron chi connectivity index (χ3n) is 4.94. The van der Waals surface area contributed by atoms with Crippen LogP contribution in [0.2, 0.25) is 0 Å². The molecule has 0 aliphatic heterocycles. The Balaban J connectivity index is 1.99. The maximum absolute atomic E-state index is 4.85. The zero-order valence-electron chi connectivity index (χ0n) is 16.1. The van der Waals surface area contributed by atoms with Crippen molar-refractivity contribution in [2.75, 3.05) is 0 Å². The van der Waals surface area contributed by atoms with E-state index in [1.54, 1.807) is 0 Å². The third kappa shape index (κ3) is 4.90. The van der Waals surface area contributed by atoms with E-state index in [0.29, 0.717) is 23.7 Å². The second-order valence-electron chi connectivity index (χ2n) is 7.73. The van der Waals surface area contributed by atoms with Crippen LogP contribution in [0.4, 0.5) is 0 Å². The zero-order chi connectivity index (χ0) is 17.7. The molecule has 0 saturated carbocycles. The van der Waals surface area contributed by atoms with Crippen LogP contribution in [0.1, 0.15) is 101 Å². The molecule has 0 fully saturated rings. The molecule has 0 N–H and O–H groups in total. The molecule has 2 aromatic rings. The first-order valence-electron chi connectivity index (χ1n) is 9.30. The van der Waals surface area contributed by atoms with Crippen LogP contribution in [0.25, 0.3) is 0 Å². The lowest BCUT2D eigenvalue weighted by Crippen LogP contribution is -2.04. The molecular weight excluding hydrogens is 292 g/mol. The van der Waals surface area contributed by atoms with Crippen LogP contribution in [0, 0.1) is 0 Å². The first kappa shape index (κ1) is 18.6. The van der Waals surface area contributed by atoms with Crippen LogP contribution in [-0.2, 0) is 0 Å². The minimum Gasteiger partial charge on any atom is -0.264 e. The highest BCUT2D eigenvalue weighted by Gasteiger charge is 2.13. The van der Waals surface area contributed by atoms with Crippen molar-refractivity contribution >= 4 is 0 Å². The lowest BCUT2D eigenvalue weighted by molar-refractivity contribution is 0.561. The van der Waals surface area contributed by atoms with Gasteiger partial charge in [0.05, 0.1) is 0 Å². The van der Waals surface area contributed by atoms with Gasteiger partial charge >= 0.3 is 0 Å². The molecule has 130 valence electrons. The fraction of sp³-hybridized carbons (Fsp3) is 0.545. The number of nitrogens with zero attached hydrogens (tertiary/aromatic N) is 2. The van der Waals surface area contributed by atoms with Crippen LogP contribution >= 0.6 is 0 Å². The lowest BCUT2D eigenvalue weighted by atomic mass is 9.90. The average Bonchev–Trinajstić information content (AvgIpc) is 2.59. The molecule has 0 aliphatic carbocycles. The van der Waals surface area contributed by atoms with Crippen molar-refractivity contribution in [3.8, 4) is 0 Å². The quantitative estimate of drug-likeness (QED) is 0.588. The van der Waals surface area contributed by atoms with E-state index in [1.807, 2.05) is 12.4 Å². The molecule has 2 aromatic heterocycles. The number of hydrogen-bond acceptors (Lipinski definition) is 2. The highest BCUT2D eigenvalue weighted by atomic mass is 14.7. The van der Waals surface area contributed by atoms with E-state index >= 15 is 0 Å². The second kappa shape index (κ2) is 8.41. The number of pyridine rings is 2. The van der Waals surface area contributed by atoms with Gasteiger partial charge in [0.15, 0.2) is 0 Å². The van der Waals surface area contributed by atoms with E-state index in [0.717, 1.165) is 12.8 Å². The van der Waals surface area contributed by atoms with Gasteiger partial charge in [0.2, 0.25) is 0 Å². The summed E-state index contributed by atoms with van der Waals surface area (Å²) in [7, 11) is 0. The summed E-state index contributed by atoms with van der Waals surface area (Å²) in [6, 6.07) is 8.77. The average molecular weight is 325 g/mol. The molecule has 2 atom stereocenters.